The van der Waals surface area contributed by atoms with Crippen molar-refractivity contribution >= 4 is 110 Å². The minimum absolute atomic E-state index is 0.0609. The summed E-state index contributed by atoms with van der Waals surface area (Å²) >= 11 is 3.76. The number of hydrogen-bond acceptors (Lipinski definition) is 6. The third-order valence-corrected chi connectivity index (χ3v) is 24.0. The molecular formula is C86H76N4S2Si. The van der Waals surface area contributed by atoms with E-state index < -0.39 is 13.5 Å². The zero-order valence-corrected chi connectivity index (χ0v) is 57.8. The summed E-state index contributed by atoms with van der Waals surface area (Å²) in [5.74, 6) is 0. The summed E-state index contributed by atoms with van der Waals surface area (Å²) in [6.07, 6.45) is 4.18. The molecule has 0 aliphatic carbocycles. The summed E-state index contributed by atoms with van der Waals surface area (Å²) < 4.78 is 5.15. The maximum atomic E-state index is 5.17. The van der Waals surface area contributed by atoms with Crippen LogP contribution in [0.2, 0.25) is 19.6 Å². The number of aromatic nitrogens is 2. The van der Waals surface area contributed by atoms with Crippen LogP contribution in [0.5, 0.6) is 0 Å². The Morgan fingerprint density at radius 1 is 0.344 bits per heavy atom. The highest BCUT2D eigenvalue weighted by Gasteiger charge is 2.51. The van der Waals surface area contributed by atoms with Gasteiger partial charge in [0.2, 0.25) is 0 Å². The van der Waals surface area contributed by atoms with Crippen molar-refractivity contribution in [1.29, 1.82) is 0 Å². The lowest BCUT2D eigenvalue weighted by Gasteiger charge is -2.51. The Bertz CT molecular complexity index is 5170. The van der Waals surface area contributed by atoms with Gasteiger partial charge in [-0.1, -0.05) is 251 Å². The lowest BCUT2D eigenvalue weighted by atomic mass is 9.61. The molecule has 16 rings (SSSR count). The standard InChI is InChI=1S/C86H76N4S2Si/c1-83(2,3)59-35-37-61(38-36-59)86(60-21-14-13-15-22-60)69-45-53(57-33-43-79(87-51-57)84(4,5)6)31-41-71(69)89-73-46-54(58-34-44-80(88-52-58)85(7,8)9)32-42-72(73)90(74-50-62(93(10,11)12)49-70(86)82(74)89)81-63(55-29-39-67-65-23-16-18-27-75(65)91-77(67)47-55)25-20-26-64(81)56-30-40-68-66-24-17-19-28-76(66)92-78(68)48-56/h13-52H,1-12H3/t86-/m1/s1. The predicted octanol–water partition coefficient (Wildman–Crippen LogP) is 24.3. The zero-order valence-electron chi connectivity index (χ0n) is 55.2. The first-order chi connectivity index (χ1) is 44.6. The Morgan fingerprint density at radius 3 is 1.35 bits per heavy atom. The second-order valence-electron chi connectivity index (χ2n) is 29.9. The van der Waals surface area contributed by atoms with E-state index in [1.807, 2.05) is 22.7 Å². The van der Waals surface area contributed by atoms with Crippen molar-refractivity contribution < 1.29 is 0 Å². The smallest absolute Gasteiger partial charge is 0.0777 e. The van der Waals surface area contributed by atoms with Crippen molar-refractivity contribution in [2.24, 2.45) is 0 Å². The van der Waals surface area contributed by atoms with Crippen LogP contribution >= 0.6 is 22.7 Å². The molecule has 7 heteroatoms. The van der Waals surface area contributed by atoms with Gasteiger partial charge >= 0.3 is 0 Å². The first-order valence-corrected chi connectivity index (χ1v) is 37.9. The average molecular weight is 1260 g/mol. The Hall–Kier alpha value is -9.24. The minimum atomic E-state index is -2.21. The van der Waals surface area contributed by atoms with Crippen molar-refractivity contribution in [1.82, 2.24) is 9.97 Å². The Morgan fingerprint density at radius 2 is 0.828 bits per heavy atom. The number of benzene rings is 10. The lowest BCUT2D eigenvalue weighted by molar-refractivity contribution is 0.569. The van der Waals surface area contributed by atoms with Crippen LogP contribution in [0.3, 0.4) is 0 Å². The van der Waals surface area contributed by atoms with E-state index in [1.54, 1.807) is 0 Å². The van der Waals surface area contributed by atoms with Gasteiger partial charge in [-0.25, -0.2) is 0 Å². The monoisotopic (exact) mass is 1260 g/mol. The van der Waals surface area contributed by atoms with Gasteiger partial charge in [0.25, 0.3) is 0 Å². The normalized spacial score (nSPS) is 14.9. The largest absolute Gasteiger partial charge is 0.306 e. The Labute approximate surface area is 556 Å². The molecule has 0 radical (unpaired) electrons. The fourth-order valence-electron chi connectivity index (χ4n) is 14.7. The van der Waals surface area contributed by atoms with E-state index in [0.717, 1.165) is 62.1 Å². The topological polar surface area (TPSA) is 32.3 Å². The molecule has 0 saturated carbocycles. The van der Waals surface area contributed by atoms with Gasteiger partial charge in [0.15, 0.2) is 0 Å². The second kappa shape index (κ2) is 21.4. The molecule has 4 nitrogen and oxygen atoms in total. The highest BCUT2D eigenvalue weighted by Crippen LogP contribution is 2.66. The quantitative estimate of drug-likeness (QED) is 0.142. The molecule has 6 heterocycles. The molecular weight excluding hydrogens is 1180 g/mol. The van der Waals surface area contributed by atoms with Crippen LogP contribution < -0.4 is 15.0 Å². The van der Waals surface area contributed by atoms with E-state index in [9.17, 15) is 0 Å². The van der Waals surface area contributed by atoms with Crippen LogP contribution in [0.4, 0.5) is 34.1 Å². The summed E-state index contributed by atoms with van der Waals surface area (Å²) in [6.45, 7) is 28.0. The molecule has 0 bridgehead atoms. The Balaban J connectivity index is 1.06. The van der Waals surface area contributed by atoms with Gasteiger partial charge in [-0.05, 0) is 122 Å². The molecule has 93 heavy (non-hydrogen) atoms. The van der Waals surface area contributed by atoms with Gasteiger partial charge < -0.3 is 9.80 Å². The third kappa shape index (κ3) is 9.63. The van der Waals surface area contributed by atoms with Gasteiger partial charge in [0.05, 0.1) is 47.6 Å². The van der Waals surface area contributed by atoms with Crippen LogP contribution in [-0.4, -0.2) is 18.0 Å². The van der Waals surface area contributed by atoms with E-state index in [2.05, 4.69) is 335 Å². The van der Waals surface area contributed by atoms with E-state index >= 15 is 0 Å². The maximum absolute atomic E-state index is 5.17. The van der Waals surface area contributed by atoms with Crippen LogP contribution in [-0.2, 0) is 21.7 Å². The van der Waals surface area contributed by atoms with Crippen LogP contribution in [0.1, 0.15) is 102 Å². The molecule has 10 aromatic carbocycles. The average Bonchev–Trinajstić information content (AvgIpc) is 1.14. The van der Waals surface area contributed by atoms with Crippen molar-refractivity contribution in [3.05, 3.63) is 282 Å². The first kappa shape index (κ1) is 58.8. The van der Waals surface area contributed by atoms with Crippen LogP contribution in [0.25, 0.3) is 84.9 Å². The lowest BCUT2D eigenvalue weighted by Crippen LogP contribution is -2.44. The predicted molar refractivity (Wildman–Crippen MR) is 403 cm³/mol. The first-order valence-electron chi connectivity index (χ1n) is 32.8. The fraction of sp³-hybridized carbons (Fsp3) is 0.186. The van der Waals surface area contributed by atoms with Crippen LogP contribution in [0.15, 0.2) is 243 Å². The summed E-state index contributed by atoms with van der Waals surface area (Å²) in [5.41, 5.74) is 23.1. The summed E-state index contributed by atoms with van der Waals surface area (Å²) in [5, 5.41) is 6.55. The highest BCUT2D eigenvalue weighted by molar-refractivity contribution is 7.26. The summed E-state index contributed by atoms with van der Waals surface area (Å²) in [4.78, 5) is 15.7. The molecule has 0 saturated heterocycles. The molecule has 0 spiro atoms. The molecule has 0 unspecified atom stereocenters. The molecule has 2 aliphatic rings. The van der Waals surface area contributed by atoms with Crippen molar-refractivity contribution in [2.45, 2.75) is 104 Å². The molecule has 2 aliphatic heterocycles. The van der Waals surface area contributed by atoms with Gasteiger partial charge in [0, 0.05) is 97.2 Å². The molecule has 1 atom stereocenters. The van der Waals surface area contributed by atoms with Crippen molar-refractivity contribution in [3.63, 3.8) is 0 Å². The number of fused-ring (bicyclic) bond motifs is 10. The number of hydrogen-bond donors (Lipinski definition) is 0. The van der Waals surface area contributed by atoms with E-state index in [4.69, 9.17) is 9.97 Å². The van der Waals surface area contributed by atoms with Gasteiger partial charge in [0.1, 0.15) is 0 Å². The molecule has 4 aromatic heterocycles. The summed E-state index contributed by atoms with van der Waals surface area (Å²) in [7, 11) is -2.21. The second-order valence-corrected chi connectivity index (χ2v) is 37.1. The van der Waals surface area contributed by atoms with E-state index in [1.165, 1.54) is 101 Å². The number of thiophene rings is 2. The van der Waals surface area contributed by atoms with Gasteiger partial charge in [-0.2, -0.15) is 0 Å². The van der Waals surface area contributed by atoms with E-state index in [-0.39, 0.29) is 16.2 Å². The van der Waals surface area contributed by atoms with Crippen molar-refractivity contribution in [2.75, 3.05) is 9.80 Å². The number of pyridine rings is 2. The Kier molecular flexibility index (Phi) is 13.5. The van der Waals surface area contributed by atoms with Crippen molar-refractivity contribution in [3.8, 4) is 44.5 Å². The maximum Gasteiger partial charge on any atom is 0.0777 e. The third-order valence-electron chi connectivity index (χ3n) is 19.7. The molecule has 0 N–H and O–H groups in total. The highest BCUT2D eigenvalue weighted by atomic mass is 32.1. The molecule has 14 aromatic rings. The molecule has 0 amide bonds. The number of anilines is 6. The SMILES string of the molecule is CC(C)(C)c1ccc([C@]2(c3ccccc3)c3cc(-c4ccc(C(C)(C)C)nc4)ccc3N3c4cc(-c5ccc(C(C)(C)C)nc5)ccc4N(c4c(-c5ccc6c(c5)sc5ccccc56)cccc4-c4ccc5c(c4)sc4ccccc45)c4cc([Si](C)(C)C)cc2c43)cc1. The van der Waals surface area contributed by atoms with Gasteiger partial charge in [-0.15, -0.1) is 22.7 Å². The van der Waals surface area contributed by atoms with Crippen LogP contribution in [0, 0.1) is 0 Å². The van der Waals surface area contributed by atoms with Gasteiger partial charge in [-0.3, -0.25) is 9.97 Å². The molecule has 0 fully saturated rings. The van der Waals surface area contributed by atoms with E-state index in [0.29, 0.717) is 0 Å². The minimum Gasteiger partial charge on any atom is -0.306 e. The summed E-state index contributed by atoms with van der Waals surface area (Å²) in [6, 6.07) is 89.1. The fourth-order valence-corrected chi connectivity index (χ4v) is 18.1. The zero-order chi connectivity index (χ0) is 64.1. The molecule has 456 valence electrons. The number of rotatable bonds is 8. The number of nitrogens with zero attached hydrogens (tertiary/aromatic N) is 4. The number of para-hydroxylation sites is 1.